The van der Waals surface area contributed by atoms with Crippen molar-refractivity contribution in [3.8, 4) is 0 Å². The Bertz CT molecular complexity index is 574. The summed E-state index contributed by atoms with van der Waals surface area (Å²) in [5.74, 6) is 0.240. The highest BCUT2D eigenvalue weighted by Gasteiger charge is 2.33. The Kier molecular flexibility index (Phi) is 2.94. The molecule has 0 aliphatic carbocycles. The van der Waals surface area contributed by atoms with Crippen molar-refractivity contribution >= 4 is 11.4 Å². The van der Waals surface area contributed by atoms with E-state index in [2.05, 4.69) is 53.8 Å². The minimum absolute atomic E-state index is 0.0909. The molecule has 0 bridgehead atoms. The molecule has 1 atom stereocenters. The van der Waals surface area contributed by atoms with Gasteiger partial charge in [-0.3, -0.25) is 0 Å². The SMILES string of the molecule is c1ccc2c(c1)Nc1ccccc1C2C1COCCO1. The van der Waals surface area contributed by atoms with Crippen LogP contribution in [-0.2, 0) is 9.47 Å². The molecule has 0 amide bonds. The molecule has 0 spiro atoms. The smallest absolute Gasteiger partial charge is 0.0919 e. The van der Waals surface area contributed by atoms with E-state index < -0.39 is 0 Å². The molecule has 1 N–H and O–H groups in total. The molecule has 0 radical (unpaired) electrons. The maximum atomic E-state index is 5.98. The summed E-state index contributed by atoms with van der Waals surface area (Å²) in [6.07, 6.45) is 0.0909. The van der Waals surface area contributed by atoms with Gasteiger partial charge in [-0.1, -0.05) is 36.4 Å². The second-order valence-corrected chi connectivity index (χ2v) is 5.26. The van der Waals surface area contributed by atoms with Gasteiger partial charge in [0.15, 0.2) is 0 Å². The first-order valence-electron chi connectivity index (χ1n) is 7.08. The van der Waals surface area contributed by atoms with Crippen LogP contribution in [0.15, 0.2) is 48.5 Å². The Hall–Kier alpha value is -1.84. The first-order chi connectivity index (χ1) is 9.93. The number of nitrogens with one attached hydrogen (secondary N) is 1. The summed E-state index contributed by atoms with van der Waals surface area (Å²) in [6.45, 7) is 2.04. The van der Waals surface area contributed by atoms with Crippen LogP contribution in [0.2, 0.25) is 0 Å². The third-order valence-corrected chi connectivity index (χ3v) is 4.07. The number of hydrogen-bond donors (Lipinski definition) is 1. The van der Waals surface area contributed by atoms with E-state index in [1.54, 1.807) is 0 Å². The topological polar surface area (TPSA) is 30.5 Å². The molecule has 2 aliphatic rings. The molecule has 1 fully saturated rings. The van der Waals surface area contributed by atoms with Crippen LogP contribution in [0.25, 0.3) is 0 Å². The molecule has 2 aromatic carbocycles. The molecular formula is C17H17NO2. The van der Waals surface area contributed by atoms with Gasteiger partial charge in [0.25, 0.3) is 0 Å². The van der Waals surface area contributed by atoms with Crippen LogP contribution in [0.3, 0.4) is 0 Å². The van der Waals surface area contributed by atoms with Gasteiger partial charge in [-0.2, -0.15) is 0 Å². The van der Waals surface area contributed by atoms with Crippen LogP contribution in [0, 0.1) is 0 Å². The van der Waals surface area contributed by atoms with Gasteiger partial charge in [-0.25, -0.2) is 0 Å². The van der Waals surface area contributed by atoms with Crippen molar-refractivity contribution in [3.05, 3.63) is 59.7 Å². The third-order valence-electron chi connectivity index (χ3n) is 4.07. The zero-order valence-corrected chi connectivity index (χ0v) is 11.2. The predicted octanol–water partition coefficient (Wildman–Crippen LogP) is 3.29. The van der Waals surface area contributed by atoms with Gasteiger partial charge in [0.2, 0.25) is 0 Å². The lowest BCUT2D eigenvalue weighted by Gasteiger charge is -2.36. The van der Waals surface area contributed by atoms with Gasteiger partial charge in [-0.15, -0.1) is 0 Å². The van der Waals surface area contributed by atoms with E-state index in [1.165, 1.54) is 22.5 Å². The number of benzene rings is 2. The Morgan fingerprint density at radius 2 is 1.50 bits per heavy atom. The zero-order chi connectivity index (χ0) is 13.4. The van der Waals surface area contributed by atoms with E-state index in [4.69, 9.17) is 9.47 Å². The van der Waals surface area contributed by atoms with E-state index in [0.29, 0.717) is 19.8 Å². The van der Waals surface area contributed by atoms with E-state index in [9.17, 15) is 0 Å². The van der Waals surface area contributed by atoms with Crippen LogP contribution in [0.1, 0.15) is 17.0 Å². The van der Waals surface area contributed by atoms with E-state index in [1.807, 2.05) is 0 Å². The van der Waals surface area contributed by atoms with Gasteiger partial charge in [-0.05, 0) is 23.3 Å². The van der Waals surface area contributed by atoms with E-state index >= 15 is 0 Å². The maximum absolute atomic E-state index is 5.98. The molecule has 20 heavy (non-hydrogen) atoms. The van der Waals surface area contributed by atoms with Gasteiger partial charge in [0.1, 0.15) is 0 Å². The summed E-state index contributed by atoms with van der Waals surface area (Å²) in [5.41, 5.74) is 4.93. The predicted molar refractivity (Wildman–Crippen MR) is 78.6 cm³/mol. The van der Waals surface area contributed by atoms with Crippen molar-refractivity contribution in [1.29, 1.82) is 0 Å². The van der Waals surface area contributed by atoms with Crippen molar-refractivity contribution in [2.75, 3.05) is 25.1 Å². The van der Waals surface area contributed by atoms with Crippen LogP contribution in [-0.4, -0.2) is 25.9 Å². The van der Waals surface area contributed by atoms with Crippen LogP contribution < -0.4 is 5.32 Å². The number of anilines is 2. The van der Waals surface area contributed by atoms with E-state index in [-0.39, 0.29) is 12.0 Å². The van der Waals surface area contributed by atoms with Gasteiger partial charge < -0.3 is 14.8 Å². The molecule has 102 valence electrons. The fraction of sp³-hybridized carbons (Fsp3) is 0.294. The molecule has 1 unspecified atom stereocenters. The Balaban J connectivity index is 1.83. The highest BCUT2D eigenvalue weighted by atomic mass is 16.6. The fourth-order valence-electron chi connectivity index (χ4n) is 3.18. The van der Waals surface area contributed by atoms with Crippen molar-refractivity contribution in [2.24, 2.45) is 0 Å². The minimum Gasteiger partial charge on any atom is -0.376 e. The molecule has 2 aliphatic heterocycles. The summed E-state index contributed by atoms with van der Waals surface area (Å²) >= 11 is 0. The molecular weight excluding hydrogens is 250 g/mol. The Morgan fingerprint density at radius 3 is 2.10 bits per heavy atom. The fourth-order valence-corrected chi connectivity index (χ4v) is 3.18. The molecule has 4 rings (SSSR count). The quantitative estimate of drug-likeness (QED) is 0.860. The Labute approximate surface area is 118 Å². The highest BCUT2D eigenvalue weighted by molar-refractivity contribution is 5.73. The van der Waals surface area contributed by atoms with Crippen molar-refractivity contribution < 1.29 is 9.47 Å². The Morgan fingerprint density at radius 1 is 0.850 bits per heavy atom. The molecule has 1 saturated heterocycles. The van der Waals surface area contributed by atoms with Crippen LogP contribution in [0.4, 0.5) is 11.4 Å². The van der Waals surface area contributed by atoms with E-state index in [0.717, 1.165) is 0 Å². The largest absolute Gasteiger partial charge is 0.376 e. The molecule has 0 saturated carbocycles. The van der Waals surface area contributed by atoms with Crippen molar-refractivity contribution in [3.63, 3.8) is 0 Å². The zero-order valence-electron chi connectivity index (χ0n) is 11.2. The first-order valence-corrected chi connectivity index (χ1v) is 7.08. The average Bonchev–Trinajstić information content (AvgIpc) is 2.53. The maximum Gasteiger partial charge on any atom is 0.0919 e. The lowest BCUT2D eigenvalue weighted by molar-refractivity contribution is -0.0936. The summed E-state index contributed by atoms with van der Waals surface area (Å²) in [6, 6.07) is 16.9. The first kappa shape index (κ1) is 11.9. The molecule has 2 heterocycles. The lowest BCUT2D eigenvalue weighted by Crippen LogP contribution is -2.36. The third kappa shape index (κ3) is 1.90. The summed E-state index contributed by atoms with van der Waals surface area (Å²) in [4.78, 5) is 0. The molecule has 2 aromatic rings. The molecule has 3 heteroatoms. The average molecular weight is 267 g/mol. The van der Waals surface area contributed by atoms with Gasteiger partial charge in [0.05, 0.1) is 25.9 Å². The van der Waals surface area contributed by atoms with Crippen LogP contribution >= 0.6 is 0 Å². The number of para-hydroxylation sites is 2. The molecule has 3 nitrogen and oxygen atoms in total. The number of hydrogen-bond acceptors (Lipinski definition) is 3. The number of rotatable bonds is 1. The van der Waals surface area contributed by atoms with Gasteiger partial charge in [0, 0.05) is 17.3 Å². The monoisotopic (exact) mass is 267 g/mol. The summed E-state index contributed by atoms with van der Waals surface area (Å²) in [7, 11) is 0. The normalized spacial score (nSPS) is 21.7. The summed E-state index contributed by atoms with van der Waals surface area (Å²) in [5, 5.41) is 3.51. The van der Waals surface area contributed by atoms with Gasteiger partial charge >= 0.3 is 0 Å². The summed E-state index contributed by atoms with van der Waals surface area (Å²) < 4.78 is 11.6. The van der Waals surface area contributed by atoms with Crippen molar-refractivity contribution in [2.45, 2.75) is 12.0 Å². The van der Waals surface area contributed by atoms with Crippen molar-refractivity contribution in [1.82, 2.24) is 0 Å². The second-order valence-electron chi connectivity index (χ2n) is 5.26. The number of ether oxygens (including phenoxy) is 2. The highest BCUT2D eigenvalue weighted by Crippen LogP contribution is 2.43. The van der Waals surface area contributed by atoms with Crippen LogP contribution in [0.5, 0.6) is 0 Å². The second kappa shape index (κ2) is 4.93. The molecule has 0 aromatic heterocycles. The minimum atomic E-state index is 0.0909. The standard InChI is InChI=1S/C17H17NO2/c1-3-7-14-12(5-1)17(16-11-19-9-10-20-16)13-6-2-4-8-15(13)18-14/h1-8,16-18H,9-11H2. The number of fused-ring (bicyclic) bond motifs is 2. The lowest BCUT2D eigenvalue weighted by atomic mass is 9.82.